The van der Waals surface area contributed by atoms with E-state index in [0.29, 0.717) is 23.0 Å². The molecule has 0 aliphatic rings. The van der Waals surface area contributed by atoms with Crippen LogP contribution < -0.4 is 10.6 Å². The maximum absolute atomic E-state index is 12.5. The Balaban J connectivity index is 1.71. The third-order valence-electron chi connectivity index (χ3n) is 4.11. The molecule has 0 aliphatic heterocycles. The normalized spacial score (nSPS) is 10.7. The molecule has 1 aromatic carbocycles. The van der Waals surface area contributed by atoms with E-state index in [1.807, 2.05) is 48.1 Å². The van der Waals surface area contributed by atoms with E-state index in [0.717, 1.165) is 16.3 Å². The lowest BCUT2D eigenvalue weighted by Crippen LogP contribution is -2.23. The van der Waals surface area contributed by atoms with Crippen LogP contribution in [0.2, 0.25) is 0 Å². The molecule has 2 heterocycles. The Hall–Kier alpha value is -2.65. The van der Waals surface area contributed by atoms with Crippen LogP contribution in [0.5, 0.6) is 0 Å². The van der Waals surface area contributed by atoms with Gasteiger partial charge in [0.2, 0.25) is 5.91 Å². The molecule has 146 valence electrons. The first kappa shape index (κ1) is 20.1. The molecule has 9 heteroatoms. The zero-order chi connectivity index (χ0) is 20.1. The van der Waals surface area contributed by atoms with Crippen molar-refractivity contribution in [2.24, 2.45) is 0 Å². The van der Waals surface area contributed by atoms with Crippen LogP contribution in [0.3, 0.4) is 0 Å². The number of aryl methyl sites for hydroxylation is 1. The van der Waals surface area contributed by atoms with Crippen molar-refractivity contribution in [3.63, 3.8) is 0 Å². The lowest BCUT2D eigenvalue weighted by atomic mass is 10.1. The second kappa shape index (κ2) is 9.03. The number of amides is 2. The Morgan fingerprint density at radius 1 is 1.21 bits per heavy atom. The van der Waals surface area contributed by atoms with Gasteiger partial charge in [-0.2, -0.15) is 0 Å². The SMILES string of the molecule is CCn1c(SCC(=O)Nc2cccc(C)c2C(=O)NC)nnc1-c1cccs1. The van der Waals surface area contributed by atoms with E-state index in [2.05, 4.69) is 20.8 Å². The smallest absolute Gasteiger partial charge is 0.253 e. The van der Waals surface area contributed by atoms with Gasteiger partial charge >= 0.3 is 0 Å². The number of nitrogens with one attached hydrogen (secondary N) is 2. The van der Waals surface area contributed by atoms with Crippen molar-refractivity contribution in [2.45, 2.75) is 25.5 Å². The average molecular weight is 416 g/mol. The van der Waals surface area contributed by atoms with Gasteiger partial charge < -0.3 is 15.2 Å². The molecular weight excluding hydrogens is 394 g/mol. The van der Waals surface area contributed by atoms with Gasteiger partial charge in [0.15, 0.2) is 11.0 Å². The van der Waals surface area contributed by atoms with Gasteiger partial charge in [-0.3, -0.25) is 9.59 Å². The number of nitrogens with zero attached hydrogens (tertiary/aromatic N) is 3. The number of aromatic nitrogens is 3. The van der Waals surface area contributed by atoms with Gasteiger partial charge in [-0.25, -0.2) is 0 Å². The summed E-state index contributed by atoms with van der Waals surface area (Å²) in [6, 6.07) is 9.35. The number of carbonyl (C=O) groups is 2. The van der Waals surface area contributed by atoms with Gasteiger partial charge in [-0.15, -0.1) is 21.5 Å². The molecule has 2 aromatic heterocycles. The fraction of sp³-hybridized carbons (Fsp3) is 0.263. The van der Waals surface area contributed by atoms with E-state index in [4.69, 9.17) is 0 Å². The van der Waals surface area contributed by atoms with Crippen molar-refractivity contribution in [3.8, 4) is 10.7 Å². The van der Waals surface area contributed by atoms with E-state index in [1.165, 1.54) is 11.8 Å². The van der Waals surface area contributed by atoms with Crippen molar-refractivity contribution in [3.05, 3.63) is 46.8 Å². The van der Waals surface area contributed by atoms with E-state index in [-0.39, 0.29) is 17.6 Å². The van der Waals surface area contributed by atoms with Crippen LogP contribution in [0.4, 0.5) is 5.69 Å². The number of thiophene rings is 1. The van der Waals surface area contributed by atoms with E-state index < -0.39 is 0 Å². The maximum Gasteiger partial charge on any atom is 0.253 e. The molecule has 0 unspecified atom stereocenters. The molecule has 0 spiro atoms. The van der Waals surface area contributed by atoms with Crippen LogP contribution in [0.1, 0.15) is 22.8 Å². The molecule has 0 aliphatic carbocycles. The highest BCUT2D eigenvalue weighted by molar-refractivity contribution is 7.99. The van der Waals surface area contributed by atoms with Crippen LogP contribution in [0, 0.1) is 6.92 Å². The van der Waals surface area contributed by atoms with Gasteiger partial charge in [-0.05, 0) is 36.9 Å². The number of rotatable bonds is 7. The molecule has 0 bridgehead atoms. The largest absolute Gasteiger partial charge is 0.355 e. The summed E-state index contributed by atoms with van der Waals surface area (Å²) in [4.78, 5) is 25.6. The molecule has 2 amide bonds. The molecule has 0 saturated heterocycles. The highest BCUT2D eigenvalue weighted by Crippen LogP contribution is 2.27. The van der Waals surface area contributed by atoms with Crippen molar-refractivity contribution < 1.29 is 9.59 Å². The summed E-state index contributed by atoms with van der Waals surface area (Å²) in [5, 5.41) is 16.6. The van der Waals surface area contributed by atoms with Crippen LogP contribution in [0.15, 0.2) is 40.9 Å². The van der Waals surface area contributed by atoms with Gasteiger partial charge in [0.1, 0.15) is 0 Å². The molecular formula is C19H21N5O2S2. The van der Waals surface area contributed by atoms with Gasteiger partial charge in [0.05, 0.1) is 21.9 Å². The monoisotopic (exact) mass is 415 g/mol. The molecule has 0 fully saturated rings. The summed E-state index contributed by atoms with van der Waals surface area (Å²) in [7, 11) is 1.57. The standard InChI is InChI=1S/C19H21N5O2S2/c1-4-24-17(14-9-6-10-27-14)22-23-19(24)28-11-15(25)21-13-8-5-7-12(2)16(13)18(26)20-3/h5-10H,4,11H2,1-3H3,(H,20,26)(H,21,25). The zero-order valence-corrected chi connectivity index (χ0v) is 17.5. The van der Waals surface area contributed by atoms with Crippen LogP contribution in [-0.2, 0) is 11.3 Å². The molecule has 3 aromatic rings. The number of benzene rings is 1. The van der Waals surface area contributed by atoms with Crippen molar-refractivity contribution in [1.29, 1.82) is 0 Å². The Morgan fingerprint density at radius 3 is 2.71 bits per heavy atom. The topological polar surface area (TPSA) is 88.9 Å². The predicted octanol–water partition coefficient (Wildman–Crippen LogP) is 3.43. The third-order valence-corrected chi connectivity index (χ3v) is 5.94. The number of hydrogen-bond donors (Lipinski definition) is 2. The molecule has 3 rings (SSSR count). The first-order valence-electron chi connectivity index (χ1n) is 8.76. The van der Waals surface area contributed by atoms with Crippen molar-refractivity contribution in [1.82, 2.24) is 20.1 Å². The van der Waals surface area contributed by atoms with E-state index in [1.54, 1.807) is 24.5 Å². The molecule has 28 heavy (non-hydrogen) atoms. The summed E-state index contributed by atoms with van der Waals surface area (Å²) >= 11 is 2.93. The Kier molecular flexibility index (Phi) is 6.48. The lowest BCUT2D eigenvalue weighted by Gasteiger charge is -2.12. The molecule has 0 saturated carbocycles. The number of anilines is 1. The van der Waals surface area contributed by atoms with Gasteiger partial charge in [0.25, 0.3) is 5.91 Å². The third kappa shape index (κ3) is 4.26. The fourth-order valence-electron chi connectivity index (χ4n) is 2.78. The average Bonchev–Trinajstić information content (AvgIpc) is 3.35. The molecule has 2 N–H and O–H groups in total. The van der Waals surface area contributed by atoms with E-state index >= 15 is 0 Å². The highest BCUT2D eigenvalue weighted by Gasteiger charge is 2.17. The highest BCUT2D eigenvalue weighted by atomic mass is 32.2. The Bertz CT molecular complexity index is 982. The van der Waals surface area contributed by atoms with Crippen LogP contribution >= 0.6 is 23.1 Å². The molecule has 0 atom stereocenters. The quantitative estimate of drug-likeness (QED) is 0.577. The Labute approximate surface area is 171 Å². The minimum Gasteiger partial charge on any atom is -0.355 e. The van der Waals surface area contributed by atoms with Crippen molar-refractivity contribution >= 4 is 40.6 Å². The van der Waals surface area contributed by atoms with Crippen LogP contribution in [-0.4, -0.2) is 39.4 Å². The number of thioether (sulfide) groups is 1. The maximum atomic E-state index is 12.5. The van der Waals surface area contributed by atoms with Crippen molar-refractivity contribution in [2.75, 3.05) is 18.1 Å². The van der Waals surface area contributed by atoms with Crippen LogP contribution in [0.25, 0.3) is 10.7 Å². The first-order chi connectivity index (χ1) is 13.5. The summed E-state index contributed by atoms with van der Waals surface area (Å²) in [5.41, 5.74) is 1.78. The molecule has 7 nitrogen and oxygen atoms in total. The number of carbonyl (C=O) groups excluding carboxylic acids is 2. The molecule has 0 radical (unpaired) electrons. The second-order valence-corrected chi connectivity index (χ2v) is 7.83. The summed E-state index contributed by atoms with van der Waals surface area (Å²) in [6.07, 6.45) is 0. The van der Waals surface area contributed by atoms with Gasteiger partial charge in [0, 0.05) is 13.6 Å². The second-order valence-electron chi connectivity index (χ2n) is 5.94. The lowest BCUT2D eigenvalue weighted by molar-refractivity contribution is -0.113. The minimum atomic E-state index is -0.229. The summed E-state index contributed by atoms with van der Waals surface area (Å²) in [5.74, 6) is 0.543. The van der Waals surface area contributed by atoms with E-state index in [9.17, 15) is 9.59 Å². The fourth-order valence-corrected chi connectivity index (χ4v) is 4.30. The zero-order valence-electron chi connectivity index (χ0n) is 15.9. The van der Waals surface area contributed by atoms with Gasteiger partial charge in [-0.1, -0.05) is 30.0 Å². The summed E-state index contributed by atoms with van der Waals surface area (Å²) < 4.78 is 1.99. The number of hydrogen-bond acceptors (Lipinski definition) is 6. The Morgan fingerprint density at radius 2 is 2.04 bits per heavy atom. The first-order valence-corrected chi connectivity index (χ1v) is 10.6. The minimum absolute atomic E-state index is 0.170. The predicted molar refractivity (Wildman–Crippen MR) is 113 cm³/mol. The summed E-state index contributed by atoms with van der Waals surface area (Å²) in [6.45, 7) is 4.57.